The molecule has 3 rings (SSSR count). The number of pyridine rings is 1. The normalized spacial score (nSPS) is 10.1. The van der Waals surface area contributed by atoms with E-state index >= 15 is 0 Å². The van der Waals surface area contributed by atoms with E-state index in [9.17, 15) is 4.79 Å². The summed E-state index contributed by atoms with van der Waals surface area (Å²) in [7, 11) is 3.19. The lowest BCUT2D eigenvalue weighted by Gasteiger charge is -2.05. The van der Waals surface area contributed by atoms with Crippen LogP contribution in [0.2, 0.25) is 0 Å². The Bertz CT molecular complexity index is 980. The van der Waals surface area contributed by atoms with Gasteiger partial charge in [-0.3, -0.25) is 14.5 Å². The molecule has 0 saturated heterocycles. The Balaban J connectivity index is 1.52. The van der Waals surface area contributed by atoms with E-state index < -0.39 is 0 Å². The van der Waals surface area contributed by atoms with Gasteiger partial charge in [0, 0.05) is 24.8 Å². The first-order valence-electron chi connectivity index (χ1n) is 7.97. The van der Waals surface area contributed by atoms with Gasteiger partial charge in [-0.15, -0.1) is 5.10 Å². The zero-order chi connectivity index (χ0) is 18.4. The van der Waals surface area contributed by atoms with Crippen LogP contribution in [0.25, 0.3) is 10.9 Å². The van der Waals surface area contributed by atoms with Crippen LogP contribution in [0.15, 0.2) is 42.7 Å². The van der Waals surface area contributed by atoms with E-state index in [-0.39, 0.29) is 24.9 Å². The molecule has 0 radical (unpaired) electrons. The van der Waals surface area contributed by atoms with Gasteiger partial charge in [0.15, 0.2) is 0 Å². The molecule has 7 nitrogen and oxygen atoms in total. The summed E-state index contributed by atoms with van der Waals surface area (Å²) < 4.78 is 12.2. The van der Waals surface area contributed by atoms with Gasteiger partial charge in [0.25, 0.3) is 5.91 Å². The van der Waals surface area contributed by atoms with Crippen molar-refractivity contribution in [2.75, 3.05) is 20.3 Å². The zero-order valence-electron chi connectivity index (χ0n) is 14.5. The van der Waals surface area contributed by atoms with Crippen molar-refractivity contribution in [3.63, 3.8) is 0 Å². The summed E-state index contributed by atoms with van der Waals surface area (Å²) in [6.45, 7) is 0.413. The zero-order valence-corrected chi connectivity index (χ0v) is 14.5. The molecule has 0 fully saturated rings. The quantitative estimate of drug-likeness (QED) is 0.710. The maximum absolute atomic E-state index is 12.1. The third-order valence-electron chi connectivity index (χ3n) is 3.59. The summed E-state index contributed by atoms with van der Waals surface area (Å²) in [5.41, 5.74) is 1.17. The third-order valence-corrected chi connectivity index (χ3v) is 3.59. The highest BCUT2D eigenvalue weighted by Crippen LogP contribution is 2.22. The highest BCUT2D eigenvalue weighted by Gasteiger charge is 2.15. The number of fused-ring (bicyclic) bond motifs is 1. The summed E-state index contributed by atoms with van der Waals surface area (Å²) in [5.74, 6) is 6.40. The van der Waals surface area contributed by atoms with Crippen molar-refractivity contribution in [1.82, 2.24) is 20.1 Å². The Morgan fingerprint density at radius 2 is 2.12 bits per heavy atom. The van der Waals surface area contributed by atoms with E-state index in [0.29, 0.717) is 11.3 Å². The second-order valence-corrected chi connectivity index (χ2v) is 5.38. The number of rotatable bonds is 5. The standard InChI is InChI=1S/C19H18N4O3/c1-23-13-15(19(22-23)25-2)18(24)21-10-3-4-12-26-16-9-5-7-14-8-6-11-20-17(14)16/h5-9,11,13H,10,12H2,1-2H3,(H,21,24). The van der Waals surface area contributed by atoms with E-state index in [4.69, 9.17) is 9.47 Å². The minimum atomic E-state index is -0.288. The molecule has 3 aromatic rings. The monoisotopic (exact) mass is 350 g/mol. The van der Waals surface area contributed by atoms with Crippen molar-refractivity contribution in [2.24, 2.45) is 7.05 Å². The Labute approximate surface area is 150 Å². The minimum Gasteiger partial charge on any atom is -0.479 e. The smallest absolute Gasteiger partial charge is 0.259 e. The lowest BCUT2D eigenvalue weighted by atomic mass is 10.2. The highest BCUT2D eigenvalue weighted by molar-refractivity contribution is 5.96. The first kappa shape index (κ1) is 17.3. The van der Waals surface area contributed by atoms with Gasteiger partial charge in [0.1, 0.15) is 23.4 Å². The number of aromatic nitrogens is 3. The first-order valence-corrected chi connectivity index (χ1v) is 7.97. The summed E-state index contributed by atoms with van der Waals surface area (Å²) >= 11 is 0. The van der Waals surface area contributed by atoms with Crippen LogP contribution in [0.3, 0.4) is 0 Å². The van der Waals surface area contributed by atoms with Crippen molar-refractivity contribution >= 4 is 16.8 Å². The summed E-state index contributed by atoms with van der Waals surface area (Å²) in [6.07, 6.45) is 3.32. The highest BCUT2D eigenvalue weighted by atomic mass is 16.5. The molecule has 0 bridgehead atoms. The lowest BCUT2D eigenvalue weighted by Crippen LogP contribution is -2.23. The molecule has 7 heteroatoms. The second kappa shape index (κ2) is 8.03. The van der Waals surface area contributed by atoms with Gasteiger partial charge in [0.2, 0.25) is 5.88 Å². The van der Waals surface area contributed by atoms with E-state index in [1.807, 2.05) is 30.3 Å². The number of benzene rings is 1. The molecule has 1 aromatic carbocycles. The van der Waals surface area contributed by atoms with Crippen LogP contribution < -0.4 is 14.8 Å². The number of para-hydroxylation sites is 1. The Morgan fingerprint density at radius 3 is 2.96 bits per heavy atom. The fourth-order valence-corrected chi connectivity index (χ4v) is 2.41. The fraction of sp³-hybridized carbons (Fsp3) is 0.211. The maximum Gasteiger partial charge on any atom is 0.259 e. The van der Waals surface area contributed by atoms with E-state index in [1.165, 1.54) is 11.8 Å². The SMILES string of the molecule is COc1nn(C)cc1C(=O)NCC#CCOc1cccc2cccnc12. The molecule has 0 saturated carbocycles. The van der Waals surface area contributed by atoms with Crippen LogP contribution in [-0.4, -0.2) is 40.9 Å². The van der Waals surface area contributed by atoms with Crippen molar-refractivity contribution in [3.05, 3.63) is 48.3 Å². The molecular weight excluding hydrogens is 332 g/mol. The van der Waals surface area contributed by atoms with Gasteiger partial charge < -0.3 is 14.8 Å². The maximum atomic E-state index is 12.1. The molecule has 0 unspecified atom stereocenters. The molecule has 26 heavy (non-hydrogen) atoms. The van der Waals surface area contributed by atoms with Gasteiger partial charge in [-0.05, 0) is 12.1 Å². The first-order chi connectivity index (χ1) is 12.7. The Kier molecular flexibility index (Phi) is 5.34. The predicted molar refractivity (Wildman–Crippen MR) is 97.1 cm³/mol. The summed E-state index contributed by atoms with van der Waals surface area (Å²) in [5, 5.41) is 7.75. The van der Waals surface area contributed by atoms with Gasteiger partial charge in [-0.1, -0.05) is 30.0 Å². The predicted octanol–water partition coefficient (Wildman–Crippen LogP) is 1.79. The van der Waals surface area contributed by atoms with Gasteiger partial charge >= 0.3 is 0 Å². The molecule has 1 N–H and O–H groups in total. The van der Waals surface area contributed by atoms with Crippen molar-refractivity contribution in [2.45, 2.75) is 0 Å². The van der Waals surface area contributed by atoms with Crippen LogP contribution in [0.5, 0.6) is 11.6 Å². The molecule has 132 valence electrons. The van der Waals surface area contributed by atoms with Crippen molar-refractivity contribution in [1.29, 1.82) is 0 Å². The molecule has 1 amide bonds. The van der Waals surface area contributed by atoms with E-state index in [2.05, 4.69) is 27.2 Å². The number of aryl methyl sites for hydroxylation is 1. The molecule has 0 aliphatic rings. The average molecular weight is 350 g/mol. The van der Waals surface area contributed by atoms with Gasteiger partial charge in [-0.25, -0.2) is 0 Å². The Hall–Kier alpha value is -3.53. The van der Waals surface area contributed by atoms with Crippen LogP contribution in [-0.2, 0) is 7.05 Å². The summed E-state index contributed by atoms with van der Waals surface area (Å²) in [6, 6.07) is 9.60. The van der Waals surface area contributed by atoms with Gasteiger partial charge in [0.05, 0.1) is 13.7 Å². The number of hydrogen-bond acceptors (Lipinski definition) is 5. The topological polar surface area (TPSA) is 78.3 Å². The number of ether oxygens (including phenoxy) is 2. The van der Waals surface area contributed by atoms with E-state index in [1.54, 1.807) is 19.4 Å². The van der Waals surface area contributed by atoms with Crippen LogP contribution in [0.4, 0.5) is 0 Å². The fourth-order valence-electron chi connectivity index (χ4n) is 2.41. The third kappa shape index (κ3) is 3.92. The number of amides is 1. The number of carbonyl (C=O) groups is 1. The second-order valence-electron chi connectivity index (χ2n) is 5.38. The summed E-state index contributed by atoms with van der Waals surface area (Å²) in [4.78, 5) is 16.4. The molecule has 0 aliphatic carbocycles. The largest absolute Gasteiger partial charge is 0.479 e. The van der Waals surface area contributed by atoms with Gasteiger partial charge in [-0.2, -0.15) is 0 Å². The number of hydrogen-bond donors (Lipinski definition) is 1. The molecule has 0 aliphatic heterocycles. The molecule has 0 spiro atoms. The molecule has 2 aromatic heterocycles. The molecular formula is C19H18N4O3. The number of carbonyl (C=O) groups excluding carboxylic acids is 1. The van der Waals surface area contributed by atoms with Crippen molar-refractivity contribution in [3.8, 4) is 23.5 Å². The number of methoxy groups -OCH3 is 1. The van der Waals surface area contributed by atoms with E-state index in [0.717, 1.165) is 10.9 Å². The van der Waals surface area contributed by atoms with Crippen molar-refractivity contribution < 1.29 is 14.3 Å². The molecule has 2 heterocycles. The minimum absolute atomic E-state index is 0.202. The van der Waals surface area contributed by atoms with Crippen LogP contribution in [0.1, 0.15) is 10.4 Å². The van der Waals surface area contributed by atoms with Crippen LogP contribution >= 0.6 is 0 Å². The van der Waals surface area contributed by atoms with Crippen LogP contribution in [0, 0.1) is 11.8 Å². The molecule has 0 atom stereocenters. The number of nitrogens with one attached hydrogen (secondary N) is 1. The average Bonchev–Trinajstić information content (AvgIpc) is 3.05. The Morgan fingerprint density at radius 1 is 1.27 bits per heavy atom. The number of nitrogens with zero attached hydrogens (tertiary/aromatic N) is 3. The lowest BCUT2D eigenvalue weighted by molar-refractivity contribution is 0.0955.